The third-order valence-corrected chi connectivity index (χ3v) is 7.19. The molecule has 32 heavy (non-hydrogen) atoms. The molecule has 4 aromatic rings. The van der Waals surface area contributed by atoms with Crippen LogP contribution in [0.5, 0.6) is 11.5 Å². The van der Waals surface area contributed by atoms with Gasteiger partial charge in [0.25, 0.3) is 0 Å². The van der Waals surface area contributed by atoms with Crippen molar-refractivity contribution in [2.75, 3.05) is 20.0 Å². The van der Waals surface area contributed by atoms with Crippen molar-refractivity contribution in [2.24, 2.45) is 0 Å². The first-order chi connectivity index (χ1) is 15.4. The number of hydrogen-bond donors (Lipinski definition) is 0. The zero-order chi connectivity index (χ0) is 22.9. The van der Waals surface area contributed by atoms with Crippen LogP contribution in [0.1, 0.15) is 13.8 Å². The Labute approximate surface area is 186 Å². The predicted octanol–water partition coefficient (Wildman–Crippen LogP) is 3.99. The summed E-state index contributed by atoms with van der Waals surface area (Å²) in [7, 11) is -0.246. The van der Waals surface area contributed by atoms with Crippen molar-refractivity contribution in [1.29, 1.82) is 0 Å². The van der Waals surface area contributed by atoms with Crippen LogP contribution >= 0.6 is 0 Å². The maximum Gasteiger partial charge on any atom is 0.183 e. The van der Waals surface area contributed by atoms with Crippen LogP contribution in [-0.2, 0) is 16.4 Å². The minimum absolute atomic E-state index is 0.0176. The van der Waals surface area contributed by atoms with Gasteiger partial charge in [0.15, 0.2) is 15.5 Å². The smallest absolute Gasteiger partial charge is 0.183 e. The van der Waals surface area contributed by atoms with Gasteiger partial charge in [-0.15, -0.1) is 5.10 Å². The SMILES string of the molecule is CCn1cnc2c(-c3ccc(OC)c(-c4ccc(S(=O)(=O)CC)cc4OC)c3)cnnc21. The van der Waals surface area contributed by atoms with Gasteiger partial charge in [0, 0.05) is 23.2 Å². The standard InChI is InChI=1S/C23H24N4O4S/c1-5-27-14-24-22-19(13-25-26-23(22)27)15-7-10-20(30-3)18(11-15)17-9-8-16(12-21(17)31-4)32(28,29)6-2/h7-14H,5-6H2,1-4H3. The fourth-order valence-corrected chi connectivity index (χ4v) is 4.55. The summed E-state index contributed by atoms with van der Waals surface area (Å²) in [5.74, 6) is 1.10. The molecule has 0 aliphatic heterocycles. The first-order valence-corrected chi connectivity index (χ1v) is 11.8. The number of aryl methyl sites for hydroxylation is 1. The monoisotopic (exact) mass is 452 g/mol. The largest absolute Gasteiger partial charge is 0.496 e. The fraction of sp³-hybridized carbons (Fsp3) is 0.261. The molecule has 9 heteroatoms. The van der Waals surface area contributed by atoms with Gasteiger partial charge < -0.3 is 14.0 Å². The van der Waals surface area contributed by atoms with Gasteiger partial charge in [-0.3, -0.25) is 0 Å². The topological polar surface area (TPSA) is 96.2 Å². The second kappa shape index (κ2) is 8.58. The number of benzene rings is 2. The summed E-state index contributed by atoms with van der Waals surface area (Å²) in [6.45, 7) is 4.38. The number of nitrogens with zero attached hydrogens (tertiary/aromatic N) is 4. The maximum atomic E-state index is 12.3. The molecule has 0 fully saturated rings. The van der Waals surface area contributed by atoms with Gasteiger partial charge >= 0.3 is 0 Å². The molecule has 8 nitrogen and oxygen atoms in total. The summed E-state index contributed by atoms with van der Waals surface area (Å²) >= 11 is 0. The molecule has 0 bridgehead atoms. The Morgan fingerprint density at radius 2 is 1.72 bits per heavy atom. The molecule has 4 rings (SSSR count). The number of hydrogen-bond acceptors (Lipinski definition) is 7. The Morgan fingerprint density at radius 1 is 0.938 bits per heavy atom. The van der Waals surface area contributed by atoms with E-state index in [9.17, 15) is 8.42 Å². The molecule has 2 heterocycles. The number of aromatic nitrogens is 4. The number of imidazole rings is 1. The normalized spacial score (nSPS) is 11.6. The average Bonchev–Trinajstić information content (AvgIpc) is 3.26. The number of methoxy groups -OCH3 is 2. The lowest BCUT2D eigenvalue weighted by atomic mass is 9.98. The molecule has 0 N–H and O–H groups in total. The molecule has 166 valence electrons. The lowest BCUT2D eigenvalue weighted by Gasteiger charge is -2.15. The minimum Gasteiger partial charge on any atom is -0.496 e. The van der Waals surface area contributed by atoms with E-state index in [1.54, 1.807) is 44.8 Å². The van der Waals surface area contributed by atoms with Crippen molar-refractivity contribution in [3.05, 3.63) is 48.9 Å². The molecule has 0 aliphatic carbocycles. The van der Waals surface area contributed by atoms with Crippen molar-refractivity contribution in [2.45, 2.75) is 25.3 Å². The molecule has 0 saturated carbocycles. The summed E-state index contributed by atoms with van der Waals surface area (Å²) in [6, 6.07) is 10.7. The predicted molar refractivity (Wildman–Crippen MR) is 123 cm³/mol. The van der Waals surface area contributed by atoms with Crippen molar-refractivity contribution in [3.8, 4) is 33.8 Å². The Kier molecular flexibility index (Phi) is 5.84. The molecule has 0 amide bonds. The molecule has 2 aromatic heterocycles. The van der Waals surface area contributed by atoms with Crippen molar-refractivity contribution < 1.29 is 17.9 Å². The molecule has 0 atom stereocenters. The highest BCUT2D eigenvalue weighted by molar-refractivity contribution is 7.91. The highest BCUT2D eigenvalue weighted by Crippen LogP contribution is 2.40. The molecular weight excluding hydrogens is 428 g/mol. The highest BCUT2D eigenvalue weighted by atomic mass is 32.2. The van der Waals surface area contributed by atoms with Gasteiger partial charge in [0.05, 0.1) is 37.4 Å². The Balaban J connectivity index is 1.90. The second-order valence-corrected chi connectivity index (χ2v) is 9.42. The van der Waals surface area contributed by atoms with Crippen LogP contribution in [0.15, 0.2) is 53.8 Å². The molecule has 2 aromatic carbocycles. The van der Waals surface area contributed by atoms with Crippen molar-refractivity contribution in [1.82, 2.24) is 19.7 Å². The average molecular weight is 453 g/mol. The third kappa shape index (κ3) is 3.69. The van der Waals surface area contributed by atoms with Crippen LogP contribution in [0, 0.1) is 0 Å². The summed E-state index contributed by atoms with van der Waals surface area (Å²) in [4.78, 5) is 4.75. The van der Waals surface area contributed by atoms with Gasteiger partial charge in [-0.25, -0.2) is 13.4 Å². The first kappa shape index (κ1) is 21.8. The van der Waals surface area contributed by atoms with Gasteiger partial charge in [-0.1, -0.05) is 13.0 Å². The Bertz CT molecular complexity index is 1400. The van der Waals surface area contributed by atoms with Crippen LogP contribution < -0.4 is 9.47 Å². The summed E-state index contributed by atoms with van der Waals surface area (Å²) in [6.07, 6.45) is 3.44. The van der Waals surface area contributed by atoms with Crippen LogP contribution in [0.25, 0.3) is 33.4 Å². The molecule has 0 radical (unpaired) electrons. The fourth-order valence-electron chi connectivity index (χ4n) is 3.66. The summed E-state index contributed by atoms with van der Waals surface area (Å²) in [5.41, 5.74) is 4.69. The zero-order valence-electron chi connectivity index (χ0n) is 18.4. The van der Waals surface area contributed by atoms with Gasteiger partial charge in [0.2, 0.25) is 0 Å². The number of rotatable bonds is 7. The summed E-state index contributed by atoms with van der Waals surface area (Å²) < 4.78 is 37.7. The molecular formula is C23H24N4O4S. The number of fused-ring (bicyclic) bond motifs is 1. The lowest BCUT2D eigenvalue weighted by Crippen LogP contribution is -2.04. The Morgan fingerprint density at radius 3 is 2.41 bits per heavy atom. The van der Waals surface area contributed by atoms with Crippen molar-refractivity contribution in [3.63, 3.8) is 0 Å². The molecule has 0 aliphatic rings. The zero-order valence-corrected chi connectivity index (χ0v) is 19.2. The second-order valence-electron chi connectivity index (χ2n) is 7.14. The number of sulfone groups is 1. The lowest BCUT2D eigenvalue weighted by molar-refractivity contribution is 0.409. The maximum absolute atomic E-state index is 12.3. The third-order valence-electron chi connectivity index (χ3n) is 5.46. The van der Waals surface area contributed by atoms with E-state index >= 15 is 0 Å². The Hall–Kier alpha value is -3.46. The number of ether oxygens (including phenoxy) is 2. The van der Waals surface area contributed by atoms with E-state index in [1.165, 1.54) is 7.11 Å². The molecule has 0 saturated heterocycles. The summed E-state index contributed by atoms with van der Waals surface area (Å²) in [5, 5.41) is 8.39. The first-order valence-electron chi connectivity index (χ1n) is 10.2. The van der Waals surface area contributed by atoms with Crippen LogP contribution in [0.4, 0.5) is 0 Å². The van der Waals surface area contributed by atoms with E-state index in [1.807, 2.05) is 29.7 Å². The molecule has 0 spiro atoms. The van der Waals surface area contributed by atoms with E-state index in [0.29, 0.717) is 17.1 Å². The van der Waals surface area contributed by atoms with E-state index in [-0.39, 0.29) is 10.6 Å². The molecule has 0 unspecified atom stereocenters. The van der Waals surface area contributed by atoms with Crippen LogP contribution in [-0.4, -0.2) is 48.1 Å². The van der Waals surface area contributed by atoms with Gasteiger partial charge in [-0.05, 0) is 42.8 Å². The van der Waals surface area contributed by atoms with Crippen LogP contribution in [0.2, 0.25) is 0 Å². The quantitative estimate of drug-likeness (QED) is 0.418. The minimum atomic E-state index is -3.36. The van der Waals surface area contributed by atoms with E-state index < -0.39 is 9.84 Å². The van der Waals surface area contributed by atoms with E-state index in [0.717, 1.165) is 34.3 Å². The van der Waals surface area contributed by atoms with E-state index in [4.69, 9.17) is 9.47 Å². The van der Waals surface area contributed by atoms with Crippen LogP contribution in [0.3, 0.4) is 0 Å². The highest BCUT2D eigenvalue weighted by Gasteiger charge is 2.19. The van der Waals surface area contributed by atoms with E-state index in [2.05, 4.69) is 15.2 Å². The van der Waals surface area contributed by atoms with Crippen molar-refractivity contribution >= 4 is 21.0 Å². The van der Waals surface area contributed by atoms with Gasteiger partial charge in [-0.2, -0.15) is 5.10 Å². The van der Waals surface area contributed by atoms with Gasteiger partial charge in [0.1, 0.15) is 17.0 Å².